The molecule has 2 aromatic rings. The number of aromatic nitrogens is 1. The summed E-state index contributed by atoms with van der Waals surface area (Å²) >= 11 is 12.5. The Bertz CT molecular complexity index is 609. The van der Waals surface area contributed by atoms with Gasteiger partial charge in [-0.05, 0) is 49.6 Å². The summed E-state index contributed by atoms with van der Waals surface area (Å²) < 4.78 is 14.8. The highest BCUT2D eigenvalue weighted by atomic mass is 79.9. The maximum absolute atomic E-state index is 13.3. The van der Waals surface area contributed by atoms with Crippen LogP contribution in [0.25, 0.3) is 0 Å². The van der Waals surface area contributed by atoms with E-state index >= 15 is 0 Å². The van der Waals surface area contributed by atoms with Crippen molar-refractivity contribution >= 4 is 43.5 Å². The van der Waals surface area contributed by atoms with Gasteiger partial charge in [0.1, 0.15) is 11.9 Å². The SMILES string of the molecule is OC(Cc1cccc(F)c1Cl)c1ncc(Br)cc1Br. The third-order valence-electron chi connectivity index (χ3n) is 2.60. The zero-order valence-corrected chi connectivity index (χ0v) is 13.5. The minimum atomic E-state index is -0.859. The van der Waals surface area contributed by atoms with Crippen molar-refractivity contribution in [2.24, 2.45) is 0 Å². The summed E-state index contributed by atoms with van der Waals surface area (Å²) in [5.74, 6) is -0.491. The Balaban J connectivity index is 2.25. The molecule has 1 atom stereocenters. The molecule has 0 aliphatic rings. The first-order valence-electron chi connectivity index (χ1n) is 5.41. The van der Waals surface area contributed by atoms with Crippen LogP contribution in [0.15, 0.2) is 39.4 Å². The first-order valence-corrected chi connectivity index (χ1v) is 7.37. The molecule has 1 aromatic carbocycles. The average molecular weight is 409 g/mol. The first-order chi connectivity index (χ1) is 8.99. The Hall–Kier alpha value is -0.490. The van der Waals surface area contributed by atoms with Crippen LogP contribution in [-0.2, 0) is 6.42 Å². The molecule has 19 heavy (non-hydrogen) atoms. The van der Waals surface area contributed by atoms with Crippen molar-refractivity contribution in [3.8, 4) is 0 Å². The van der Waals surface area contributed by atoms with Crippen LogP contribution in [0.1, 0.15) is 17.4 Å². The number of hydrogen-bond donors (Lipinski definition) is 1. The summed E-state index contributed by atoms with van der Waals surface area (Å²) in [7, 11) is 0. The summed E-state index contributed by atoms with van der Waals surface area (Å²) in [6.07, 6.45) is 0.933. The maximum atomic E-state index is 13.3. The second-order valence-corrected chi connectivity index (χ2v) is 6.10. The molecular formula is C13H9Br2ClFNO. The summed E-state index contributed by atoms with van der Waals surface area (Å²) in [5, 5.41) is 10.2. The Morgan fingerprint density at radius 1 is 1.37 bits per heavy atom. The molecule has 0 saturated heterocycles. The smallest absolute Gasteiger partial charge is 0.142 e. The fraction of sp³-hybridized carbons (Fsp3) is 0.154. The van der Waals surface area contributed by atoms with Crippen molar-refractivity contribution in [3.63, 3.8) is 0 Å². The van der Waals surface area contributed by atoms with Gasteiger partial charge in [0, 0.05) is 21.6 Å². The van der Waals surface area contributed by atoms with Gasteiger partial charge in [0.15, 0.2) is 0 Å². The van der Waals surface area contributed by atoms with E-state index in [1.165, 1.54) is 6.07 Å². The van der Waals surface area contributed by atoms with Crippen molar-refractivity contribution in [2.75, 3.05) is 0 Å². The number of pyridine rings is 1. The van der Waals surface area contributed by atoms with Crippen LogP contribution in [-0.4, -0.2) is 10.1 Å². The summed E-state index contributed by atoms with van der Waals surface area (Å²) in [4.78, 5) is 4.15. The lowest BCUT2D eigenvalue weighted by molar-refractivity contribution is 0.172. The number of nitrogens with zero attached hydrogens (tertiary/aromatic N) is 1. The molecule has 0 radical (unpaired) electrons. The van der Waals surface area contributed by atoms with Crippen molar-refractivity contribution in [3.05, 3.63) is 61.5 Å². The van der Waals surface area contributed by atoms with Crippen LogP contribution in [0.5, 0.6) is 0 Å². The van der Waals surface area contributed by atoms with Crippen LogP contribution in [0, 0.1) is 5.82 Å². The second-order valence-electron chi connectivity index (χ2n) is 3.95. The van der Waals surface area contributed by atoms with Crippen molar-refractivity contribution in [1.29, 1.82) is 0 Å². The minimum absolute atomic E-state index is 0.0368. The van der Waals surface area contributed by atoms with Gasteiger partial charge >= 0.3 is 0 Å². The van der Waals surface area contributed by atoms with Crippen LogP contribution in [0.4, 0.5) is 4.39 Å². The van der Waals surface area contributed by atoms with E-state index in [1.54, 1.807) is 24.4 Å². The third-order valence-corrected chi connectivity index (χ3v) is 4.09. The minimum Gasteiger partial charge on any atom is -0.386 e. The first kappa shape index (κ1) is 14.9. The van der Waals surface area contributed by atoms with E-state index in [0.29, 0.717) is 15.7 Å². The van der Waals surface area contributed by atoms with E-state index < -0.39 is 11.9 Å². The van der Waals surface area contributed by atoms with Gasteiger partial charge in [0.05, 0.1) is 10.7 Å². The number of benzene rings is 1. The largest absolute Gasteiger partial charge is 0.386 e. The normalized spacial score (nSPS) is 12.5. The van der Waals surface area contributed by atoms with Gasteiger partial charge in [-0.1, -0.05) is 23.7 Å². The highest BCUT2D eigenvalue weighted by molar-refractivity contribution is 9.11. The standard InChI is InChI=1S/C13H9Br2ClFNO/c14-8-5-9(15)13(18-6-8)11(19)4-7-2-1-3-10(17)12(7)16/h1-3,5-6,11,19H,4H2. The second kappa shape index (κ2) is 6.31. The van der Waals surface area contributed by atoms with E-state index in [4.69, 9.17) is 11.6 Å². The van der Waals surface area contributed by atoms with Crippen molar-refractivity contribution in [1.82, 2.24) is 4.98 Å². The molecule has 0 aliphatic carbocycles. The number of hydrogen-bond acceptors (Lipinski definition) is 2. The van der Waals surface area contributed by atoms with Gasteiger partial charge < -0.3 is 5.11 Å². The third kappa shape index (κ3) is 3.54. The topological polar surface area (TPSA) is 33.1 Å². The molecule has 0 spiro atoms. The highest BCUT2D eigenvalue weighted by Gasteiger charge is 2.16. The molecule has 6 heteroatoms. The molecule has 0 amide bonds. The monoisotopic (exact) mass is 407 g/mol. The van der Waals surface area contributed by atoms with Crippen LogP contribution >= 0.6 is 43.5 Å². The van der Waals surface area contributed by atoms with Crippen LogP contribution < -0.4 is 0 Å². The van der Waals surface area contributed by atoms with E-state index in [1.807, 2.05) is 0 Å². The number of aliphatic hydroxyl groups is 1. The fourth-order valence-corrected chi connectivity index (χ4v) is 3.14. The Morgan fingerprint density at radius 3 is 2.79 bits per heavy atom. The van der Waals surface area contributed by atoms with Crippen molar-refractivity contribution in [2.45, 2.75) is 12.5 Å². The van der Waals surface area contributed by atoms with Crippen LogP contribution in [0.3, 0.4) is 0 Å². The molecule has 0 aliphatic heterocycles. The predicted molar refractivity (Wildman–Crippen MR) is 79.7 cm³/mol. The van der Waals surface area contributed by atoms with Gasteiger partial charge in [0.25, 0.3) is 0 Å². The molecule has 1 unspecified atom stereocenters. The highest BCUT2D eigenvalue weighted by Crippen LogP contribution is 2.29. The molecule has 0 fully saturated rings. The molecular weight excluding hydrogens is 400 g/mol. The zero-order valence-electron chi connectivity index (χ0n) is 9.58. The molecule has 0 saturated carbocycles. The van der Waals surface area contributed by atoms with Crippen molar-refractivity contribution < 1.29 is 9.50 Å². The molecule has 1 heterocycles. The molecule has 1 aromatic heterocycles. The lowest BCUT2D eigenvalue weighted by Crippen LogP contribution is -2.06. The molecule has 0 bridgehead atoms. The maximum Gasteiger partial charge on any atom is 0.142 e. The van der Waals surface area contributed by atoms with E-state index in [0.717, 1.165) is 4.47 Å². The Morgan fingerprint density at radius 2 is 2.11 bits per heavy atom. The van der Waals surface area contributed by atoms with Gasteiger partial charge in [-0.2, -0.15) is 0 Å². The lowest BCUT2D eigenvalue weighted by atomic mass is 10.1. The quantitative estimate of drug-likeness (QED) is 0.799. The average Bonchev–Trinajstić information content (AvgIpc) is 2.34. The van der Waals surface area contributed by atoms with Gasteiger partial charge in [-0.15, -0.1) is 0 Å². The fourth-order valence-electron chi connectivity index (χ4n) is 1.68. The molecule has 2 rings (SSSR count). The summed E-state index contributed by atoms with van der Waals surface area (Å²) in [5.41, 5.74) is 1.04. The number of rotatable bonds is 3. The van der Waals surface area contributed by atoms with E-state index in [-0.39, 0.29) is 11.4 Å². The zero-order chi connectivity index (χ0) is 14.0. The van der Waals surface area contributed by atoms with Gasteiger partial charge in [-0.25, -0.2) is 4.39 Å². The Kier molecular flexibility index (Phi) is 4.95. The lowest BCUT2D eigenvalue weighted by Gasteiger charge is -2.13. The van der Waals surface area contributed by atoms with Gasteiger partial charge in [0.2, 0.25) is 0 Å². The molecule has 100 valence electrons. The Labute approximate surface area is 131 Å². The number of aliphatic hydroxyl groups excluding tert-OH is 1. The van der Waals surface area contributed by atoms with Gasteiger partial charge in [-0.3, -0.25) is 4.98 Å². The van der Waals surface area contributed by atoms with E-state index in [2.05, 4.69) is 36.8 Å². The number of halogens is 4. The van der Waals surface area contributed by atoms with Crippen LogP contribution in [0.2, 0.25) is 5.02 Å². The summed E-state index contributed by atoms with van der Waals surface area (Å²) in [6, 6.07) is 6.32. The van der Waals surface area contributed by atoms with E-state index in [9.17, 15) is 9.50 Å². The molecule has 2 nitrogen and oxygen atoms in total. The summed E-state index contributed by atoms with van der Waals surface area (Å²) in [6.45, 7) is 0. The molecule has 1 N–H and O–H groups in total. The predicted octanol–water partition coefficient (Wildman–Crippen LogP) is 4.68.